The summed E-state index contributed by atoms with van der Waals surface area (Å²) in [5, 5.41) is 4.19. The second-order valence-corrected chi connectivity index (χ2v) is 4.70. The fraction of sp³-hybridized carbons (Fsp3) is 0.846. The molecule has 98 valence electrons. The van der Waals surface area contributed by atoms with E-state index >= 15 is 0 Å². The van der Waals surface area contributed by atoms with Crippen LogP contribution in [0.2, 0.25) is 0 Å². The van der Waals surface area contributed by atoms with E-state index in [2.05, 4.69) is 30.9 Å². The van der Waals surface area contributed by atoms with Crippen LogP contribution in [-0.4, -0.2) is 20.8 Å². The maximum absolute atomic E-state index is 6.32. The molecule has 0 saturated carbocycles. The fourth-order valence-electron chi connectivity index (χ4n) is 2.40. The third-order valence-electron chi connectivity index (χ3n) is 3.34. The molecule has 0 spiro atoms. The average molecular weight is 238 g/mol. The van der Waals surface area contributed by atoms with Gasteiger partial charge in [-0.2, -0.15) is 5.10 Å². The van der Waals surface area contributed by atoms with Gasteiger partial charge in [-0.25, -0.2) is 4.98 Å². The van der Waals surface area contributed by atoms with Gasteiger partial charge in [-0.1, -0.05) is 26.7 Å². The monoisotopic (exact) mass is 238 g/mol. The molecule has 0 bridgehead atoms. The molecule has 1 heterocycles. The Bertz CT molecular complexity index is 302. The van der Waals surface area contributed by atoms with Crippen LogP contribution in [0.4, 0.5) is 0 Å². The van der Waals surface area contributed by atoms with E-state index in [1.165, 1.54) is 25.7 Å². The van der Waals surface area contributed by atoms with Gasteiger partial charge in [-0.3, -0.25) is 4.68 Å². The lowest BCUT2D eigenvalue weighted by molar-refractivity contribution is 0.352. The van der Waals surface area contributed by atoms with Crippen LogP contribution in [0.25, 0.3) is 0 Å². The summed E-state index contributed by atoms with van der Waals surface area (Å²) < 4.78 is 1.94. The maximum Gasteiger partial charge on any atom is 0.138 e. The Kier molecular flexibility index (Phi) is 6.19. The van der Waals surface area contributed by atoms with Crippen LogP contribution in [0.3, 0.4) is 0 Å². The molecule has 1 unspecified atom stereocenters. The number of aryl methyl sites for hydroxylation is 1. The minimum absolute atomic E-state index is 0.212. The molecule has 1 rings (SSSR count). The average Bonchev–Trinajstić information content (AvgIpc) is 2.76. The summed E-state index contributed by atoms with van der Waals surface area (Å²) in [4.78, 5) is 4.30. The van der Waals surface area contributed by atoms with Gasteiger partial charge >= 0.3 is 0 Å². The minimum Gasteiger partial charge on any atom is -0.327 e. The van der Waals surface area contributed by atoms with Gasteiger partial charge in [-0.05, 0) is 25.7 Å². The van der Waals surface area contributed by atoms with Gasteiger partial charge < -0.3 is 5.73 Å². The lowest BCUT2D eigenvalue weighted by Crippen LogP contribution is -2.33. The Labute approximate surface area is 105 Å². The van der Waals surface area contributed by atoms with E-state index in [0.717, 1.165) is 18.8 Å². The Morgan fingerprint density at radius 1 is 1.24 bits per heavy atom. The molecule has 1 aromatic heterocycles. The molecular formula is C13H26N4. The fourth-order valence-corrected chi connectivity index (χ4v) is 2.40. The third kappa shape index (κ3) is 4.11. The van der Waals surface area contributed by atoms with E-state index in [9.17, 15) is 0 Å². The summed E-state index contributed by atoms with van der Waals surface area (Å²) in [5.74, 6) is 1.64. The SMILES string of the molecule is CCCC(CCC)C(N)Cc1ncnn1CC. The molecule has 2 N–H and O–H groups in total. The van der Waals surface area contributed by atoms with Crippen molar-refractivity contribution < 1.29 is 0 Å². The van der Waals surface area contributed by atoms with Crippen LogP contribution < -0.4 is 5.73 Å². The van der Waals surface area contributed by atoms with Gasteiger partial charge in [-0.15, -0.1) is 0 Å². The van der Waals surface area contributed by atoms with Crippen LogP contribution in [0.5, 0.6) is 0 Å². The smallest absolute Gasteiger partial charge is 0.138 e. The lowest BCUT2D eigenvalue weighted by atomic mass is 9.89. The van der Waals surface area contributed by atoms with Crippen molar-refractivity contribution in [3.05, 3.63) is 12.2 Å². The van der Waals surface area contributed by atoms with Crippen molar-refractivity contribution >= 4 is 0 Å². The van der Waals surface area contributed by atoms with E-state index < -0.39 is 0 Å². The van der Waals surface area contributed by atoms with Gasteiger partial charge in [0.1, 0.15) is 12.2 Å². The summed E-state index contributed by atoms with van der Waals surface area (Å²) in [5.41, 5.74) is 6.32. The molecule has 1 aromatic rings. The van der Waals surface area contributed by atoms with Crippen molar-refractivity contribution in [2.24, 2.45) is 11.7 Å². The van der Waals surface area contributed by atoms with Crippen molar-refractivity contribution in [3.8, 4) is 0 Å². The van der Waals surface area contributed by atoms with E-state index in [1.54, 1.807) is 6.33 Å². The Morgan fingerprint density at radius 2 is 1.88 bits per heavy atom. The quantitative estimate of drug-likeness (QED) is 0.756. The largest absolute Gasteiger partial charge is 0.327 e. The Balaban J connectivity index is 2.59. The van der Waals surface area contributed by atoms with Gasteiger partial charge in [0.2, 0.25) is 0 Å². The second kappa shape index (κ2) is 7.43. The molecule has 0 aliphatic carbocycles. The zero-order chi connectivity index (χ0) is 12.7. The highest BCUT2D eigenvalue weighted by Crippen LogP contribution is 2.18. The first-order chi connectivity index (χ1) is 8.22. The number of aromatic nitrogens is 3. The highest BCUT2D eigenvalue weighted by atomic mass is 15.3. The molecule has 0 aromatic carbocycles. The van der Waals surface area contributed by atoms with Gasteiger partial charge in [0.05, 0.1) is 0 Å². The molecule has 0 radical (unpaired) electrons. The minimum atomic E-state index is 0.212. The summed E-state index contributed by atoms with van der Waals surface area (Å²) in [6.45, 7) is 7.40. The lowest BCUT2D eigenvalue weighted by Gasteiger charge is -2.22. The van der Waals surface area contributed by atoms with E-state index in [1.807, 2.05) is 4.68 Å². The highest BCUT2D eigenvalue weighted by Gasteiger charge is 2.18. The molecule has 4 heteroatoms. The Hall–Kier alpha value is -0.900. The molecule has 0 amide bonds. The van der Waals surface area contributed by atoms with Gasteiger partial charge in [0.25, 0.3) is 0 Å². The third-order valence-corrected chi connectivity index (χ3v) is 3.34. The highest BCUT2D eigenvalue weighted by molar-refractivity contribution is 4.90. The predicted octanol–water partition coefficient (Wildman–Crippen LogP) is 2.38. The maximum atomic E-state index is 6.32. The Morgan fingerprint density at radius 3 is 2.41 bits per heavy atom. The zero-order valence-electron chi connectivity index (χ0n) is 11.4. The molecule has 0 fully saturated rings. The van der Waals surface area contributed by atoms with Crippen molar-refractivity contribution in [1.29, 1.82) is 0 Å². The summed E-state index contributed by atoms with van der Waals surface area (Å²) in [7, 11) is 0. The first kappa shape index (κ1) is 14.2. The molecule has 1 atom stereocenters. The van der Waals surface area contributed by atoms with Crippen molar-refractivity contribution in [3.63, 3.8) is 0 Å². The normalized spacial score (nSPS) is 13.2. The number of hydrogen-bond donors (Lipinski definition) is 1. The number of nitrogens with two attached hydrogens (primary N) is 1. The molecule has 17 heavy (non-hydrogen) atoms. The first-order valence-electron chi connectivity index (χ1n) is 6.85. The first-order valence-corrected chi connectivity index (χ1v) is 6.85. The van der Waals surface area contributed by atoms with Gasteiger partial charge in [0.15, 0.2) is 0 Å². The van der Waals surface area contributed by atoms with E-state index in [-0.39, 0.29) is 6.04 Å². The number of hydrogen-bond acceptors (Lipinski definition) is 3. The second-order valence-electron chi connectivity index (χ2n) is 4.70. The number of nitrogens with zero attached hydrogens (tertiary/aromatic N) is 3. The standard InChI is InChI=1S/C13H26N4/c1-4-7-11(8-5-2)12(14)9-13-15-10-16-17(13)6-3/h10-12H,4-9,14H2,1-3H3. The van der Waals surface area contributed by atoms with Crippen molar-refractivity contribution in [2.75, 3.05) is 0 Å². The molecule has 0 saturated heterocycles. The van der Waals surface area contributed by atoms with E-state index in [4.69, 9.17) is 5.73 Å². The van der Waals surface area contributed by atoms with Crippen LogP contribution in [-0.2, 0) is 13.0 Å². The van der Waals surface area contributed by atoms with Crippen LogP contribution >= 0.6 is 0 Å². The number of rotatable bonds is 8. The molecule has 4 nitrogen and oxygen atoms in total. The predicted molar refractivity (Wildman–Crippen MR) is 70.7 cm³/mol. The van der Waals surface area contributed by atoms with E-state index in [0.29, 0.717) is 5.92 Å². The van der Waals surface area contributed by atoms with Crippen LogP contribution in [0.1, 0.15) is 52.3 Å². The zero-order valence-corrected chi connectivity index (χ0v) is 11.4. The van der Waals surface area contributed by atoms with Crippen LogP contribution in [0, 0.1) is 5.92 Å². The summed E-state index contributed by atoms with van der Waals surface area (Å²) in [6.07, 6.45) is 7.32. The molecular weight excluding hydrogens is 212 g/mol. The summed E-state index contributed by atoms with van der Waals surface area (Å²) >= 11 is 0. The summed E-state index contributed by atoms with van der Waals surface area (Å²) in [6, 6.07) is 0.212. The topological polar surface area (TPSA) is 56.7 Å². The molecule has 0 aliphatic heterocycles. The van der Waals surface area contributed by atoms with Crippen molar-refractivity contribution in [1.82, 2.24) is 14.8 Å². The molecule has 0 aliphatic rings. The van der Waals surface area contributed by atoms with Crippen molar-refractivity contribution in [2.45, 2.75) is 65.5 Å². The van der Waals surface area contributed by atoms with Crippen LogP contribution in [0.15, 0.2) is 6.33 Å². The van der Waals surface area contributed by atoms with Gasteiger partial charge in [0, 0.05) is 19.0 Å².